The highest BCUT2D eigenvalue weighted by molar-refractivity contribution is 7.89. The van der Waals surface area contributed by atoms with Gasteiger partial charge in [-0.15, -0.1) is 0 Å². The van der Waals surface area contributed by atoms with Crippen molar-refractivity contribution in [1.82, 2.24) is 4.72 Å². The molecule has 0 aliphatic heterocycles. The molecule has 0 atom stereocenters. The summed E-state index contributed by atoms with van der Waals surface area (Å²) in [5.41, 5.74) is 0.910. The minimum absolute atomic E-state index is 0.0622. The molecule has 0 radical (unpaired) electrons. The summed E-state index contributed by atoms with van der Waals surface area (Å²) in [6.45, 7) is -0.624. The Hall–Kier alpha value is -2.76. The van der Waals surface area contributed by atoms with Crippen LogP contribution in [0.1, 0.15) is 11.1 Å². The lowest BCUT2D eigenvalue weighted by Gasteiger charge is -2.07. The quantitative estimate of drug-likeness (QED) is 0.802. The first-order chi connectivity index (χ1) is 11.4. The number of hydrogen-bond donors (Lipinski definition) is 1. The number of carbonyl (C=O) groups is 1. The zero-order valence-electron chi connectivity index (χ0n) is 12.4. The summed E-state index contributed by atoms with van der Waals surface area (Å²) in [4.78, 5) is 11.5. The summed E-state index contributed by atoms with van der Waals surface area (Å²) in [5.74, 6) is -1.17. The first-order valence-corrected chi connectivity index (χ1v) is 8.29. The van der Waals surface area contributed by atoms with E-state index in [1.54, 1.807) is 0 Å². The maximum Gasteiger partial charge on any atom is 0.321 e. The SMILES string of the molecule is N#Cc1ccc(S(=O)(=O)NCC(=O)OCc2ccc(F)cc2)cc1. The summed E-state index contributed by atoms with van der Waals surface area (Å²) in [6, 6.07) is 12.5. The molecular weight excluding hydrogens is 335 g/mol. The number of sulfonamides is 1. The van der Waals surface area contributed by atoms with Gasteiger partial charge in [0.05, 0.1) is 16.5 Å². The lowest BCUT2D eigenvalue weighted by Crippen LogP contribution is -2.30. The zero-order valence-corrected chi connectivity index (χ0v) is 13.2. The van der Waals surface area contributed by atoms with E-state index in [1.165, 1.54) is 48.5 Å². The van der Waals surface area contributed by atoms with Crippen molar-refractivity contribution < 1.29 is 22.3 Å². The van der Waals surface area contributed by atoms with E-state index in [0.29, 0.717) is 11.1 Å². The standard InChI is InChI=1S/C16H13FN2O4S/c17-14-5-1-13(2-6-14)11-23-16(20)10-19-24(21,22)15-7-3-12(9-18)4-8-15/h1-8,19H,10-11H2. The van der Waals surface area contributed by atoms with E-state index < -0.39 is 28.4 Å². The Morgan fingerprint density at radius 2 is 1.75 bits per heavy atom. The van der Waals surface area contributed by atoms with Crippen LogP contribution in [0.25, 0.3) is 0 Å². The monoisotopic (exact) mass is 348 g/mol. The molecule has 2 aromatic rings. The number of nitrogens with zero attached hydrogens (tertiary/aromatic N) is 1. The van der Waals surface area contributed by atoms with E-state index >= 15 is 0 Å². The van der Waals surface area contributed by atoms with E-state index in [9.17, 15) is 17.6 Å². The maximum atomic E-state index is 12.7. The number of nitrogens with one attached hydrogen (secondary N) is 1. The van der Waals surface area contributed by atoms with Crippen molar-refractivity contribution in [3.05, 3.63) is 65.5 Å². The number of benzene rings is 2. The molecule has 0 bridgehead atoms. The van der Waals surface area contributed by atoms with Gasteiger partial charge in [-0.2, -0.15) is 9.98 Å². The third kappa shape index (κ3) is 4.87. The first kappa shape index (κ1) is 17.6. The Balaban J connectivity index is 1.87. The van der Waals surface area contributed by atoms with Crippen LogP contribution < -0.4 is 4.72 Å². The Morgan fingerprint density at radius 3 is 2.33 bits per heavy atom. The number of ether oxygens (including phenoxy) is 1. The van der Waals surface area contributed by atoms with Gasteiger partial charge < -0.3 is 4.74 Å². The van der Waals surface area contributed by atoms with Crippen LogP contribution in [0, 0.1) is 17.1 Å². The molecule has 0 fully saturated rings. The Labute approximate surface area is 138 Å². The predicted octanol–water partition coefficient (Wildman–Crippen LogP) is 1.72. The van der Waals surface area contributed by atoms with Gasteiger partial charge in [0.2, 0.25) is 10.0 Å². The lowest BCUT2D eigenvalue weighted by atomic mass is 10.2. The third-order valence-electron chi connectivity index (χ3n) is 3.01. The average molecular weight is 348 g/mol. The number of rotatable bonds is 6. The van der Waals surface area contributed by atoms with Gasteiger partial charge in [0.25, 0.3) is 0 Å². The van der Waals surface area contributed by atoms with Crippen LogP contribution in [-0.2, 0) is 26.2 Å². The van der Waals surface area contributed by atoms with Gasteiger partial charge in [-0.3, -0.25) is 4.79 Å². The van der Waals surface area contributed by atoms with Crippen molar-refractivity contribution in [3.8, 4) is 6.07 Å². The number of hydrogen-bond acceptors (Lipinski definition) is 5. The van der Waals surface area contributed by atoms with Crippen molar-refractivity contribution in [2.75, 3.05) is 6.54 Å². The summed E-state index contributed by atoms with van der Waals surface area (Å²) in [7, 11) is -3.88. The van der Waals surface area contributed by atoms with Crippen LogP contribution in [-0.4, -0.2) is 20.9 Å². The molecular formula is C16H13FN2O4S. The fraction of sp³-hybridized carbons (Fsp3) is 0.125. The molecule has 24 heavy (non-hydrogen) atoms. The molecule has 0 aliphatic carbocycles. The smallest absolute Gasteiger partial charge is 0.321 e. The van der Waals surface area contributed by atoms with Crippen molar-refractivity contribution in [2.24, 2.45) is 0 Å². The molecule has 6 nitrogen and oxygen atoms in total. The van der Waals surface area contributed by atoms with Gasteiger partial charge in [-0.1, -0.05) is 12.1 Å². The maximum absolute atomic E-state index is 12.7. The van der Waals surface area contributed by atoms with E-state index in [4.69, 9.17) is 10.00 Å². The second kappa shape index (κ2) is 7.68. The van der Waals surface area contributed by atoms with Crippen molar-refractivity contribution in [3.63, 3.8) is 0 Å². The Morgan fingerprint density at radius 1 is 1.12 bits per heavy atom. The molecule has 0 aromatic heterocycles. The molecule has 8 heteroatoms. The number of halogens is 1. The molecule has 0 amide bonds. The molecule has 2 rings (SSSR count). The highest BCUT2D eigenvalue weighted by Crippen LogP contribution is 2.10. The Kier molecular flexibility index (Phi) is 5.63. The molecule has 0 heterocycles. The summed E-state index contributed by atoms with van der Waals surface area (Å²) < 4.78 is 43.8. The highest BCUT2D eigenvalue weighted by Gasteiger charge is 2.16. The van der Waals surface area contributed by atoms with Crippen molar-refractivity contribution in [1.29, 1.82) is 5.26 Å². The molecule has 0 unspecified atom stereocenters. The van der Waals surface area contributed by atoms with Crippen LogP contribution in [0.5, 0.6) is 0 Å². The van der Waals surface area contributed by atoms with Gasteiger partial charge in [0.15, 0.2) is 0 Å². The molecule has 124 valence electrons. The van der Waals surface area contributed by atoms with Gasteiger partial charge in [-0.25, -0.2) is 12.8 Å². The largest absolute Gasteiger partial charge is 0.460 e. The van der Waals surface area contributed by atoms with Gasteiger partial charge in [0.1, 0.15) is 19.0 Å². The Bertz CT molecular complexity index is 856. The van der Waals surface area contributed by atoms with Gasteiger partial charge in [0, 0.05) is 0 Å². The van der Waals surface area contributed by atoms with Gasteiger partial charge >= 0.3 is 5.97 Å². The molecule has 1 N–H and O–H groups in total. The summed E-state index contributed by atoms with van der Waals surface area (Å²) in [5, 5.41) is 8.68. The fourth-order valence-corrected chi connectivity index (χ4v) is 2.71. The normalized spacial score (nSPS) is 10.8. The van der Waals surface area contributed by atoms with Crippen LogP contribution in [0.3, 0.4) is 0 Å². The van der Waals surface area contributed by atoms with E-state index in [0.717, 1.165) is 0 Å². The van der Waals surface area contributed by atoms with E-state index in [-0.39, 0.29) is 11.5 Å². The molecule has 0 spiro atoms. The second-order valence-corrected chi connectivity index (χ2v) is 6.51. The predicted molar refractivity (Wildman–Crippen MR) is 82.5 cm³/mol. The van der Waals surface area contributed by atoms with Crippen LogP contribution in [0.2, 0.25) is 0 Å². The fourth-order valence-electron chi connectivity index (χ4n) is 1.74. The number of nitriles is 1. The minimum Gasteiger partial charge on any atom is -0.460 e. The summed E-state index contributed by atoms with van der Waals surface area (Å²) >= 11 is 0. The molecule has 0 saturated heterocycles. The second-order valence-electron chi connectivity index (χ2n) is 4.75. The van der Waals surface area contributed by atoms with Gasteiger partial charge in [-0.05, 0) is 42.0 Å². The van der Waals surface area contributed by atoms with E-state index in [2.05, 4.69) is 4.72 Å². The van der Waals surface area contributed by atoms with Crippen LogP contribution in [0.15, 0.2) is 53.4 Å². The highest BCUT2D eigenvalue weighted by atomic mass is 32.2. The minimum atomic E-state index is -3.88. The van der Waals surface area contributed by atoms with Crippen LogP contribution in [0.4, 0.5) is 4.39 Å². The number of carbonyl (C=O) groups excluding carboxylic acids is 1. The van der Waals surface area contributed by atoms with E-state index in [1.807, 2.05) is 6.07 Å². The molecule has 0 aliphatic rings. The molecule has 2 aromatic carbocycles. The number of esters is 1. The average Bonchev–Trinajstić information content (AvgIpc) is 2.59. The third-order valence-corrected chi connectivity index (χ3v) is 4.43. The first-order valence-electron chi connectivity index (χ1n) is 6.80. The lowest BCUT2D eigenvalue weighted by molar-refractivity contribution is -0.143. The summed E-state index contributed by atoms with van der Waals surface area (Å²) in [6.07, 6.45) is 0. The molecule has 0 saturated carbocycles. The zero-order chi connectivity index (χ0) is 17.6. The van der Waals surface area contributed by atoms with Crippen LogP contribution >= 0.6 is 0 Å². The van der Waals surface area contributed by atoms with Crippen molar-refractivity contribution >= 4 is 16.0 Å². The topological polar surface area (TPSA) is 96.3 Å². The van der Waals surface area contributed by atoms with Crippen molar-refractivity contribution in [2.45, 2.75) is 11.5 Å².